The summed E-state index contributed by atoms with van der Waals surface area (Å²) in [5.41, 5.74) is 2.49. The molecule has 0 aliphatic carbocycles. The average Bonchev–Trinajstić information content (AvgIpc) is 3.01. The molecule has 0 atom stereocenters. The van der Waals surface area contributed by atoms with Crippen LogP contribution in [0, 0.1) is 6.92 Å². The Labute approximate surface area is 136 Å². The number of anilines is 1. The first kappa shape index (κ1) is 16.0. The third kappa shape index (κ3) is 3.56. The number of benzene rings is 1. The highest BCUT2D eigenvalue weighted by Crippen LogP contribution is 2.31. The molecule has 1 aromatic carbocycles. The molecule has 2 heterocycles. The zero-order chi connectivity index (χ0) is 17.2. The van der Waals surface area contributed by atoms with E-state index in [0.29, 0.717) is 17.8 Å². The zero-order valence-electron chi connectivity index (χ0n) is 12.9. The second kappa shape index (κ2) is 6.35. The van der Waals surface area contributed by atoms with Crippen molar-refractivity contribution in [3.8, 4) is 11.3 Å². The summed E-state index contributed by atoms with van der Waals surface area (Å²) >= 11 is 0. The lowest BCUT2D eigenvalue weighted by Gasteiger charge is -2.08. The van der Waals surface area contributed by atoms with Crippen molar-refractivity contribution >= 4 is 5.82 Å². The van der Waals surface area contributed by atoms with E-state index in [-0.39, 0.29) is 0 Å². The Morgan fingerprint density at radius 2 is 1.88 bits per heavy atom. The fourth-order valence-electron chi connectivity index (χ4n) is 2.34. The number of hydrogen-bond acceptors (Lipinski definition) is 3. The second-order valence-corrected chi connectivity index (χ2v) is 5.41. The highest BCUT2D eigenvalue weighted by Gasteiger charge is 2.30. The molecule has 3 rings (SSSR count). The number of alkyl halides is 3. The van der Waals surface area contributed by atoms with Crippen molar-refractivity contribution in [2.45, 2.75) is 19.6 Å². The molecule has 0 aliphatic heterocycles. The van der Waals surface area contributed by atoms with Gasteiger partial charge in [0.25, 0.3) is 0 Å². The number of aryl methyl sites for hydroxylation is 1. The molecule has 2 N–H and O–H groups in total. The lowest BCUT2D eigenvalue weighted by Crippen LogP contribution is -2.04. The van der Waals surface area contributed by atoms with Gasteiger partial charge in [0.1, 0.15) is 5.82 Å². The van der Waals surface area contributed by atoms with Gasteiger partial charge in [0.2, 0.25) is 0 Å². The van der Waals surface area contributed by atoms with Gasteiger partial charge in [-0.1, -0.05) is 12.1 Å². The van der Waals surface area contributed by atoms with Crippen LogP contribution in [0.4, 0.5) is 19.0 Å². The molecular weight excluding hydrogens is 317 g/mol. The Morgan fingerprint density at radius 3 is 2.54 bits per heavy atom. The predicted octanol–water partition coefficient (Wildman–Crippen LogP) is 4.41. The number of nitrogens with zero attached hydrogens (tertiary/aromatic N) is 2. The van der Waals surface area contributed by atoms with Crippen LogP contribution < -0.4 is 5.32 Å². The van der Waals surface area contributed by atoms with E-state index >= 15 is 0 Å². The first-order valence-electron chi connectivity index (χ1n) is 7.30. The molecule has 4 nitrogen and oxygen atoms in total. The first-order chi connectivity index (χ1) is 11.4. The second-order valence-electron chi connectivity index (χ2n) is 5.41. The third-order valence-electron chi connectivity index (χ3n) is 3.58. The van der Waals surface area contributed by atoms with Gasteiger partial charge in [-0.25, -0.2) is 4.98 Å². The maximum absolute atomic E-state index is 12.6. The van der Waals surface area contributed by atoms with Crippen molar-refractivity contribution in [1.29, 1.82) is 0 Å². The number of aromatic amines is 1. The molecule has 0 amide bonds. The fraction of sp³-hybridized carbons (Fsp3) is 0.176. The van der Waals surface area contributed by atoms with E-state index in [0.717, 1.165) is 29.1 Å². The van der Waals surface area contributed by atoms with E-state index in [1.807, 2.05) is 19.1 Å². The molecule has 0 saturated carbocycles. The Bertz CT molecular complexity index is 822. The molecular formula is C17H15F3N4. The maximum Gasteiger partial charge on any atom is 0.416 e. The SMILES string of the molecule is Cc1ccnc(NCc2c[nH]nc2-c2ccc(C(F)(F)F)cc2)c1. The summed E-state index contributed by atoms with van der Waals surface area (Å²) in [5, 5.41) is 10.1. The van der Waals surface area contributed by atoms with Crippen LogP contribution >= 0.6 is 0 Å². The molecule has 0 fully saturated rings. The van der Waals surface area contributed by atoms with Gasteiger partial charge >= 0.3 is 6.18 Å². The highest BCUT2D eigenvalue weighted by molar-refractivity contribution is 5.63. The molecule has 0 spiro atoms. The van der Waals surface area contributed by atoms with E-state index in [4.69, 9.17) is 0 Å². The number of pyridine rings is 1. The molecule has 7 heteroatoms. The van der Waals surface area contributed by atoms with Gasteiger partial charge in [0.15, 0.2) is 0 Å². The summed E-state index contributed by atoms with van der Waals surface area (Å²) in [6.07, 6.45) is -0.912. The largest absolute Gasteiger partial charge is 0.416 e. The number of hydrogen-bond donors (Lipinski definition) is 2. The maximum atomic E-state index is 12.6. The normalized spacial score (nSPS) is 11.5. The van der Waals surface area contributed by atoms with Crippen LogP contribution in [0.2, 0.25) is 0 Å². The topological polar surface area (TPSA) is 53.6 Å². The number of nitrogens with one attached hydrogen (secondary N) is 2. The summed E-state index contributed by atoms with van der Waals surface area (Å²) in [7, 11) is 0. The van der Waals surface area contributed by atoms with E-state index in [2.05, 4.69) is 20.5 Å². The van der Waals surface area contributed by atoms with E-state index in [1.54, 1.807) is 12.4 Å². The van der Waals surface area contributed by atoms with Gasteiger partial charge in [-0.05, 0) is 36.8 Å². The van der Waals surface area contributed by atoms with Crippen molar-refractivity contribution in [3.05, 3.63) is 65.5 Å². The summed E-state index contributed by atoms with van der Waals surface area (Å²) in [5.74, 6) is 0.731. The van der Waals surface area contributed by atoms with Crippen molar-refractivity contribution in [1.82, 2.24) is 15.2 Å². The smallest absolute Gasteiger partial charge is 0.366 e. The van der Waals surface area contributed by atoms with E-state index < -0.39 is 11.7 Å². The van der Waals surface area contributed by atoms with Crippen LogP contribution in [0.5, 0.6) is 0 Å². The Kier molecular flexibility index (Phi) is 4.24. The van der Waals surface area contributed by atoms with Crippen LogP contribution in [0.25, 0.3) is 11.3 Å². The third-order valence-corrected chi connectivity index (χ3v) is 3.58. The number of aromatic nitrogens is 3. The van der Waals surface area contributed by atoms with E-state index in [1.165, 1.54) is 12.1 Å². The molecule has 0 aliphatic rings. The van der Waals surface area contributed by atoms with Crippen LogP contribution in [0.3, 0.4) is 0 Å². The summed E-state index contributed by atoms with van der Waals surface area (Å²) in [6, 6.07) is 8.78. The summed E-state index contributed by atoms with van der Waals surface area (Å²) in [4.78, 5) is 4.21. The standard InChI is InChI=1S/C17H15F3N4/c1-11-6-7-21-15(8-11)22-9-13-10-23-24-16(13)12-2-4-14(5-3-12)17(18,19)20/h2-8,10H,9H2,1H3,(H,21,22)(H,23,24). The Balaban J connectivity index is 1.78. The van der Waals surface area contributed by atoms with Crippen molar-refractivity contribution < 1.29 is 13.2 Å². The minimum Gasteiger partial charge on any atom is -0.366 e. The molecule has 2 aromatic heterocycles. The first-order valence-corrected chi connectivity index (χ1v) is 7.30. The van der Waals surface area contributed by atoms with E-state index in [9.17, 15) is 13.2 Å². The van der Waals surface area contributed by atoms with Gasteiger partial charge in [-0.15, -0.1) is 0 Å². The van der Waals surface area contributed by atoms with Crippen molar-refractivity contribution in [2.24, 2.45) is 0 Å². The molecule has 0 radical (unpaired) electrons. The minimum atomic E-state index is -4.34. The monoisotopic (exact) mass is 332 g/mol. The van der Waals surface area contributed by atoms with Crippen LogP contribution in [0.15, 0.2) is 48.8 Å². The fourth-order valence-corrected chi connectivity index (χ4v) is 2.34. The Hall–Kier alpha value is -2.83. The predicted molar refractivity (Wildman–Crippen MR) is 85.3 cm³/mol. The average molecular weight is 332 g/mol. The lowest BCUT2D eigenvalue weighted by molar-refractivity contribution is -0.137. The van der Waals surface area contributed by atoms with Crippen LogP contribution in [-0.2, 0) is 12.7 Å². The molecule has 0 bridgehead atoms. The molecule has 3 aromatic rings. The molecule has 124 valence electrons. The lowest BCUT2D eigenvalue weighted by atomic mass is 10.1. The quantitative estimate of drug-likeness (QED) is 0.744. The zero-order valence-corrected chi connectivity index (χ0v) is 12.9. The van der Waals surface area contributed by atoms with Crippen LogP contribution in [0.1, 0.15) is 16.7 Å². The molecule has 0 unspecified atom stereocenters. The van der Waals surface area contributed by atoms with Crippen molar-refractivity contribution in [2.75, 3.05) is 5.32 Å². The number of halogens is 3. The van der Waals surface area contributed by atoms with Gasteiger partial charge in [-0.2, -0.15) is 18.3 Å². The van der Waals surface area contributed by atoms with Gasteiger partial charge in [0.05, 0.1) is 11.3 Å². The molecule has 24 heavy (non-hydrogen) atoms. The summed E-state index contributed by atoms with van der Waals surface area (Å²) < 4.78 is 37.9. The highest BCUT2D eigenvalue weighted by atomic mass is 19.4. The van der Waals surface area contributed by atoms with Gasteiger partial charge in [0, 0.05) is 30.1 Å². The minimum absolute atomic E-state index is 0.462. The van der Waals surface area contributed by atoms with Gasteiger partial charge in [-0.3, -0.25) is 5.10 Å². The Morgan fingerprint density at radius 1 is 1.12 bits per heavy atom. The number of H-pyrrole nitrogens is 1. The summed E-state index contributed by atoms with van der Waals surface area (Å²) in [6.45, 7) is 2.43. The van der Waals surface area contributed by atoms with Gasteiger partial charge < -0.3 is 5.32 Å². The van der Waals surface area contributed by atoms with Crippen LogP contribution in [-0.4, -0.2) is 15.2 Å². The van der Waals surface area contributed by atoms with Crippen molar-refractivity contribution in [3.63, 3.8) is 0 Å². The number of rotatable bonds is 4. The molecule has 0 saturated heterocycles.